The minimum atomic E-state index is -0.409. The van der Waals surface area contributed by atoms with Crippen LogP contribution in [0, 0.1) is 0 Å². The lowest BCUT2D eigenvalue weighted by Gasteiger charge is -2.37. The molecule has 8 heteroatoms. The molecule has 1 N–H and O–H groups in total. The Labute approximate surface area is 182 Å². The lowest BCUT2D eigenvalue weighted by molar-refractivity contribution is -0.143. The third kappa shape index (κ3) is 5.27. The zero-order chi connectivity index (χ0) is 22.4. The van der Waals surface area contributed by atoms with Gasteiger partial charge in [-0.05, 0) is 24.6 Å². The van der Waals surface area contributed by atoms with Crippen molar-refractivity contribution < 1.29 is 28.5 Å². The molecule has 8 nitrogen and oxygen atoms in total. The summed E-state index contributed by atoms with van der Waals surface area (Å²) in [6.45, 7) is 2.73. The van der Waals surface area contributed by atoms with E-state index < -0.39 is 5.91 Å². The van der Waals surface area contributed by atoms with Gasteiger partial charge in [0.2, 0.25) is 11.7 Å². The number of carbonyl (C=O) groups is 2. The van der Waals surface area contributed by atoms with Gasteiger partial charge in [-0.2, -0.15) is 0 Å². The normalized spacial score (nSPS) is 18.3. The molecule has 2 unspecified atom stereocenters. The van der Waals surface area contributed by atoms with E-state index in [0.717, 1.165) is 5.56 Å². The van der Waals surface area contributed by atoms with Crippen LogP contribution in [-0.4, -0.2) is 63.8 Å². The number of nitrogens with one attached hydrogen (secondary N) is 1. The molecule has 0 radical (unpaired) electrons. The number of ether oxygens (including phenoxy) is 4. The zero-order valence-electron chi connectivity index (χ0n) is 18.2. The average molecular weight is 428 g/mol. The van der Waals surface area contributed by atoms with Crippen molar-refractivity contribution in [1.82, 2.24) is 10.2 Å². The van der Waals surface area contributed by atoms with Gasteiger partial charge in [0.05, 0.1) is 40.5 Å². The number of morpholine rings is 1. The molecule has 0 bridgehead atoms. The molecule has 1 aliphatic rings. The first-order chi connectivity index (χ1) is 15.0. The van der Waals surface area contributed by atoms with Crippen molar-refractivity contribution in [3.63, 3.8) is 0 Å². The molecular weight excluding hydrogens is 400 g/mol. The Morgan fingerprint density at radius 2 is 1.68 bits per heavy atom. The second kappa shape index (κ2) is 10.2. The fourth-order valence-electron chi connectivity index (χ4n) is 3.59. The summed E-state index contributed by atoms with van der Waals surface area (Å²) in [4.78, 5) is 27.2. The van der Waals surface area contributed by atoms with Crippen LogP contribution in [0.1, 0.15) is 28.9 Å². The van der Waals surface area contributed by atoms with Crippen molar-refractivity contribution in [2.75, 3.05) is 41.0 Å². The van der Waals surface area contributed by atoms with Crippen LogP contribution in [-0.2, 0) is 9.53 Å². The number of carbonyl (C=O) groups excluding carboxylic acids is 2. The molecule has 1 fully saturated rings. The molecule has 1 aliphatic heterocycles. The van der Waals surface area contributed by atoms with E-state index >= 15 is 0 Å². The molecule has 0 aliphatic carbocycles. The highest BCUT2D eigenvalue weighted by molar-refractivity contribution is 5.97. The van der Waals surface area contributed by atoms with Crippen LogP contribution in [0.3, 0.4) is 0 Å². The van der Waals surface area contributed by atoms with Gasteiger partial charge in [0.15, 0.2) is 11.5 Å². The summed E-state index contributed by atoms with van der Waals surface area (Å²) < 4.78 is 21.8. The van der Waals surface area contributed by atoms with Crippen molar-refractivity contribution in [2.45, 2.75) is 19.1 Å². The second-order valence-corrected chi connectivity index (χ2v) is 7.24. The number of nitrogens with zero attached hydrogens (tertiary/aromatic N) is 1. The van der Waals surface area contributed by atoms with Crippen LogP contribution in [0.4, 0.5) is 0 Å². The van der Waals surface area contributed by atoms with Crippen LogP contribution in [0.25, 0.3) is 0 Å². The smallest absolute Gasteiger partial charge is 0.251 e. The summed E-state index contributed by atoms with van der Waals surface area (Å²) in [5, 5.41) is 2.68. The first kappa shape index (κ1) is 22.4. The van der Waals surface area contributed by atoms with Gasteiger partial charge < -0.3 is 29.2 Å². The molecule has 3 rings (SSSR count). The van der Waals surface area contributed by atoms with E-state index in [1.165, 1.54) is 21.3 Å². The Morgan fingerprint density at radius 1 is 1.03 bits per heavy atom. The summed E-state index contributed by atoms with van der Waals surface area (Å²) in [5.74, 6) is 0.550. The Bertz CT molecular complexity index is 893. The first-order valence-electron chi connectivity index (χ1n) is 10.0. The third-order valence-electron chi connectivity index (χ3n) is 5.11. The molecule has 2 aromatic carbocycles. The number of amides is 2. The quantitative estimate of drug-likeness (QED) is 0.729. The molecule has 31 heavy (non-hydrogen) atoms. The van der Waals surface area contributed by atoms with Crippen molar-refractivity contribution >= 4 is 11.8 Å². The first-order valence-corrected chi connectivity index (χ1v) is 10.0. The SMILES string of the molecule is COc1cc(C(=O)NCC(=O)N2CC(C)OC(c3ccccc3)C2)cc(OC)c1OC. The Balaban J connectivity index is 1.65. The van der Waals surface area contributed by atoms with E-state index in [2.05, 4.69) is 5.32 Å². The summed E-state index contributed by atoms with van der Waals surface area (Å²) >= 11 is 0. The molecule has 166 valence electrons. The average Bonchev–Trinajstić information content (AvgIpc) is 2.81. The summed E-state index contributed by atoms with van der Waals surface area (Å²) in [6, 6.07) is 12.9. The van der Waals surface area contributed by atoms with Gasteiger partial charge in [-0.25, -0.2) is 0 Å². The molecule has 2 amide bonds. The van der Waals surface area contributed by atoms with Crippen LogP contribution < -0.4 is 19.5 Å². The number of benzene rings is 2. The lowest BCUT2D eigenvalue weighted by atomic mass is 10.1. The highest BCUT2D eigenvalue weighted by Gasteiger charge is 2.29. The maximum Gasteiger partial charge on any atom is 0.251 e. The largest absolute Gasteiger partial charge is 0.493 e. The van der Waals surface area contributed by atoms with Gasteiger partial charge in [0.25, 0.3) is 5.91 Å². The van der Waals surface area contributed by atoms with E-state index in [9.17, 15) is 9.59 Å². The summed E-state index contributed by atoms with van der Waals surface area (Å²) in [6.07, 6.45) is -0.298. The van der Waals surface area contributed by atoms with Crippen molar-refractivity contribution in [3.8, 4) is 17.2 Å². The molecule has 0 aromatic heterocycles. The highest BCUT2D eigenvalue weighted by atomic mass is 16.5. The fraction of sp³-hybridized carbons (Fsp3) is 0.391. The van der Waals surface area contributed by atoms with Crippen LogP contribution >= 0.6 is 0 Å². The standard InChI is InChI=1S/C23H28N2O6/c1-15-13-25(14-20(31-15)16-8-6-5-7-9-16)21(26)12-24-23(27)17-10-18(28-2)22(30-4)19(11-17)29-3/h5-11,15,20H,12-14H2,1-4H3,(H,24,27). The van der Waals surface area contributed by atoms with E-state index in [1.807, 2.05) is 37.3 Å². The van der Waals surface area contributed by atoms with Crippen molar-refractivity contribution in [2.24, 2.45) is 0 Å². The second-order valence-electron chi connectivity index (χ2n) is 7.24. The van der Waals surface area contributed by atoms with Crippen molar-refractivity contribution in [1.29, 1.82) is 0 Å². The van der Waals surface area contributed by atoms with E-state index in [1.54, 1.807) is 17.0 Å². The van der Waals surface area contributed by atoms with Gasteiger partial charge >= 0.3 is 0 Å². The van der Waals surface area contributed by atoms with Crippen molar-refractivity contribution in [3.05, 3.63) is 53.6 Å². The van der Waals surface area contributed by atoms with Gasteiger partial charge in [-0.3, -0.25) is 9.59 Å². The zero-order valence-corrected chi connectivity index (χ0v) is 18.2. The lowest BCUT2D eigenvalue weighted by Crippen LogP contribution is -2.49. The number of hydrogen-bond acceptors (Lipinski definition) is 6. The number of hydrogen-bond donors (Lipinski definition) is 1. The highest BCUT2D eigenvalue weighted by Crippen LogP contribution is 2.38. The molecule has 1 saturated heterocycles. The summed E-state index contributed by atoms with van der Waals surface area (Å²) in [5.41, 5.74) is 1.33. The minimum absolute atomic E-state index is 0.103. The Kier molecular flexibility index (Phi) is 7.36. The van der Waals surface area contributed by atoms with Crippen LogP contribution in [0.15, 0.2) is 42.5 Å². The monoisotopic (exact) mass is 428 g/mol. The molecule has 2 aromatic rings. The molecule has 0 spiro atoms. The van der Waals surface area contributed by atoms with Crippen LogP contribution in [0.2, 0.25) is 0 Å². The van der Waals surface area contributed by atoms with Gasteiger partial charge in [-0.15, -0.1) is 0 Å². The van der Waals surface area contributed by atoms with E-state index in [-0.39, 0.29) is 24.7 Å². The predicted molar refractivity (Wildman–Crippen MR) is 115 cm³/mol. The van der Waals surface area contributed by atoms with E-state index in [0.29, 0.717) is 35.9 Å². The van der Waals surface area contributed by atoms with Crippen LogP contribution in [0.5, 0.6) is 17.2 Å². The summed E-state index contributed by atoms with van der Waals surface area (Å²) in [7, 11) is 4.45. The Hall–Kier alpha value is -3.26. The Morgan fingerprint density at radius 3 is 2.26 bits per heavy atom. The maximum atomic E-state index is 12.8. The van der Waals surface area contributed by atoms with Gasteiger partial charge in [0.1, 0.15) is 6.10 Å². The fourth-order valence-corrected chi connectivity index (χ4v) is 3.59. The van der Waals surface area contributed by atoms with Gasteiger partial charge in [-0.1, -0.05) is 30.3 Å². The topological polar surface area (TPSA) is 86.3 Å². The van der Waals surface area contributed by atoms with E-state index in [4.69, 9.17) is 18.9 Å². The molecule has 2 atom stereocenters. The maximum absolute atomic E-state index is 12.8. The minimum Gasteiger partial charge on any atom is -0.493 e. The van der Waals surface area contributed by atoms with Gasteiger partial charge in [0, 0.05) is 12.1 Å². The molecular formula is C23H28N2O6. The predicted octanol–water partition coefficient (Wildman–Crippen LogP) is 2.43. The molecule has 1 heterocycles. The third-order valence-corrected chi connectivity index (χ3v) is 5.11. The molecule has 0 saturated carbocycles. The number of rotatable bonds is 7. The number of methoxy groups -OCH3 is 3.